The molecule has 0 spiro atoms. The summed E-state index contributed by atoms with van der Waals surface area (Å²) in [6.07, 6.45) is 5.66. The Bertz CT molecular complexity index is 1670. The van der Waals surface area contributed by atoms with Crippen LogP contribution in [0.4, 0.5) is 10.2 Å². The summed E-state index contributed by atoms with van der Waals surface area (Å²) in [7, 11) is 0. The SMILES string of the molecule is O=C(O)c1ccc2nc(CC3CCN(c4cccc(OCc5sc(C(=O)C6CC6)cc5F)n4)CC3)n(C[C@@H]3CCO3)c2c1. The molecule has 9 nitrogen and oxygen atoms in total. The third-order valence-corrected chi connectivity index (χ3v) is 9.77. The Hall–Kier alpha value is -3.83. The van der Waals surface area contributed by atoms with E-state index in [-0.39, 0.29) is 30.0 Å². The quantitative estimate of drug-likeness (QED) is 0.216. The number of ketones is 1. The van der Waals surface area contributed by atoms with E-state index in [0.29, 0.717) is 28.1 Å². The van der Waals surface area contributed by atoms with E-state index in [0.717, 1.165) is 80.9 Å². The van der Waals surface area contributed by atoms with Crippen LogP contribution in [-0.4, -0.2) is 57.2 Å². The van der Waals surface area contributed by atoms with Crippen molar-refractivity contribution in [1.82, 2.24) is 14.5 Å². The fraction of sp³-hybridized carbons (Fsp3) is 0.438. The lowest BCUT2D eigenvalue weighted by Gasteiger charge is -2.33. The molecule has 2 aliphatic heterocycles. The van der Waals surface area contributed by atoms with Gasteiger partial charge in [0.25, 0.3) is 0 Å². The summed E-state index contributed by atoms with van der Waals surface area (Å²) in [5, 5.41) is 9.51. The Labute approximate surface area is 252 Å². The molecule has 3 aromatic heterocycles. The number of hydrogen-bond donors (Lipinski definition) is 1. The maximum atomic E-state index is 14.5. The number of piperidine rings is 1. The maximum Gasteiger partial charge on any atom is 0.335 e. The minimum absolute atomic E-state index is 0.0355. The van der Waals surface area contributed by atoms with Crippen LogP contribution in [0.5, 0.6) is 5.88 Å². The van der Waals surface area contributed by atoms with Gasteiger partial charge in [-0.3, -0.25) is 4.79 Å². The molecular formula is C32H33FN4O5S. The lowest BCUT2D eigenvalue weighted by molar-refractivity contribution is -0.0590. The average molecular weight is 605 g/mol. The van der Waals surface area contributed by atoms with Crippen molar-refractivity contribution < 1.29 is 28.6 Å². The number of carboxylic acids is 1. The van der Waals surface area contributed by atoms with E-state index in [1.54, 1.807) is 24.3 Å². The summed E-state index contributed by atoms with van der Waals surface area (Å²) in [5.74, 6) is 1.41. The van der Waals surface area contributed by atoms with Crippen molar-refractivity contribution in [2.24, 2.45) is 11.8 Å². The molecule has 5 heterocycles. The second kappa shape index (κ2) is 11.7. The molecule has 4 aromatic rings. The third kappa shape index (κ3) is 6.01. The van der Waals surface area contributed by atoms with Gasteiger partial charge in [-0.2, -0.15) is 4.98 Å². The van der Waals surface area contributed by atoms with Crippen LogP contribution in [0.15, 0.2) is 42.5 Å². The number of nitrogens with zero attached hydrogens (tertiary/aromatic N) is 4. The number of carbonyl (C=O) groups excluding carboxylic acids is 1. The number of pyridine rings is 1. The number of rotatable bonds is 11. The fourth-order valence-corrected chi connectivity index (χ4v) is 6.86. The summed E-state index contributed by atoms with van der Waals surface area (Å²) in [4.78, 5) is 36.6. The molecule has 0 unspecified atom stereocenters. The highest BCUT2D eigenvalue weighted by Crippen LogP contribution is 2.36. The molecule has 3 fully saturated rings. The standard InChI is InChI=1S/C32H33FN4O5S/c33-23-16-26(31(38)20-4-5-20)43-27(23)18-42-30-3-1-2-28(35-30)36-11-8-19(9-12-36)14-29-34-24-7-6-21(32(39)40)15-25(24)37(29)17-22-10-13-41-22/h1-3,6-7,15-16,19-20,22H,4-5,8-14,17-18H2,(H,39,40)/t22-/m0/s1. The zero-order valence-corrected chi connectivity index (χ0v) is 24.5. The molecule has 1 N–H and O–H groups in total. The zero-order valence-electron chi connectivity index (χ0n) is 23.7. The van der Waals surface area contributed by atoms with E-state index in [4.69, 9.17) is 14.5 Å². The summed E-state index contributed by atoms with van der Waals surface area (Å²) < 4.78 is 28.2. The van der Waals surface area contributed by atoms with Crippen molar-refractivity contribution >= 4 is 39.9 Å². The molecule has 0 amide bonds. The van der Waals surface area contributed by atoms with Crippen LogP contribution in [0.25, 0.3) is 11.0 Å². The molecule has 2 saturated heterocycles. The van der Waals surface area contributed by atoms with Crippen LogP contribution in [0.2, 0.25) is 0 Å². The molecule has 11 heteroatoms. The Balaban J connectivity index is 0.986. The van der Waals surface area contributed by atoms with Crippen molar-refractivity contribution in [2.75, 3.05) is 24.6 Å². The van der Waals surface area contributed by atoms with Crippen molar-refractivity contribution in [3.63, 3.8) is 0 Å². The Kier molecular flexibility index (Phi) is 7.60. The van der Waals surface area contributed by atoms with Gasteiger partial charge in [0, 0.05) is 38.1 Å². The third-order valence-electron chi connectivity index (χ3n) is 8.67. The molecule has 0 bridgehead atoms. The van der Waals surface area contributed by atoms with Gasteiger partial charge < -0.3 is 24.0 Å². The molecule has 1 atom stereocenters. The van der Waals surface area contributed by atoms with Crippen molar-refractivity contribution in [2.45, 2.75) is 57.8 Å². The number of aromatic nitrogens is 3. The number of thiophene rings is 1. The second-order valence-electron chi connectivity index (χ2n) is 11.7. The van der Waals surface area contributed by atoms with Crippen LogP contribution in [-0.2, 0) is 24.3 Å². The van der Waals surface area contributed by atoms with E-state index in [1.165, 1.54) is 17.4 Å². The van der Waals surface area contributed by atoms with E-state index < -0.39 is 11.8 Å². The van der Waals surface area contributed by atoms with E-state index in [2.05, 4.69) is 14.5 Å². The first-order valence-corrected chi connectivity index (χ1v) is 15.7. The number of halogens is 1. The average Bonchev–Trinajstić information content (AvgIpc) is 3.70. The van der Waals surface area contributed by atoms with Crippen molar-refractivity contribution in [3.05, 3.63) is 69.4 Å². The summed E-state index contributed by atoms with van der Waals surface area (Å²) in [5.41, 5.74) is 1.92. The van der Waals surface area contributed by atoms with Gasteiger partial charge in [0.15, 0.2) is 5.78 Å². The van der Waals surface area contributed by atoms with Gasteiger partial charge in [0.05, 0.1) is 39.0 Å². The smallest absolute Gasteiger partial charge is 0.335 e. The van der Waals surface area contributed by atoms with Gasteiger partial charge in [-0.05, 0) is 68.4 Å². The fourth-order valence-electron chi connectivity index (χ4n) is 5.89. The normalized spacial score (nSPS) is 19.0. The van der Waals surface area contributed by atoms with Gasteiger partial charge >= 0.3 is 5.97 Å². The Morgan fingerprint density at radius 1 is 1.07 bits per heavy atom. The van der Waals surface area contributed by atoms with Crippen molar-refractivity contribution in [1.29, 1.82) is 0 Å². The molecule has 3 aliphatic rings. The highest BCUT2D eigenvalue weighted by atomic mass is 32.1. The van der Waals surface area contributed by atoms with Crippen LogP contribution in [0.1, 0.15) is 62.8 Å². The van der Waals surface area contributed by atoms with E-state index in [9.17, 15) is 19.1 Å². The number of anilines is 1. The number of imidazole rings is 1. The number of carboxylic acid groups (broad SMARTS) is 1. The maximum absolute atomic E-state index is 14.5. The second-order valence-corrected chi connectivity index (χ2v) is 12.8. The topological polar surface area (TPSA) is 107 Å². The first kappa shape index (κ1) is 28.0. The van der Waals surface area contributed by atoms with E-state index in [1.807, 2.05) is 12.1 Å². The highest BCUT2D eigenvalue weighted by molar-refractivity contribution is 7.14. The predicted octanol–water partition coefficient (Wildman–Crippen LogP) is 5.75. The summed E-state index contributed by atoms with van der Waals surface area (Å²) >= 11 is 1.17. The largest absolute Gasteiger partial charge is 0.478 e. The van der Waals surface area contributed by atoms with Crippen LogP contribution in [0, 0.1) is 17.7 Å². The van der Waals surface area contributed by atoms with Crippen LogP contribution in [0.3, 0.4) is 0 Å². The van der Waals surface area contributed by atoms with Crippen molar-refractivity contribution in [3.8, 4) is 5.88 Å². The molecule has 224 valence electrons. The molecule has 1 aromatic carbocycles. The molecular weight excluding hydrogens is 571 g/mol. The van der Waals surface area contributed by atoms with Gasteiger partial charge in [-0.1, -0.05) is 6.07 Å². The first-order chi connectivity index (χ1) is 20.9. The van der Waals surface area contributed by atoms with E-state index >= 15 is 0 Å². The summed E-state index contributed by atoms with van der Waals surface area (Å²) in [6.45, 7) is 3.15. The molecule has 1 saturated carbocycles. The number of carbonyl (C=O) groups is 2. The van der Waals surface area contributed by atoms with Crippen LogP contribution >= 0.6 is 11.3 Å². The Morgan fingerprint density at radius 3 is 2.60 bits per heavy atom. The van der Waals surface area contributed by atoms with Crippen LogP contribution < -0.4 is 9.64 Å². The van der Waals surface area contributed by atoms with Gasteiger partial charge in [-0.15, -0.1) is 11.3 Å². The monoisotopic (exact) mass is 604 g/mol. The lowest BCUT2D eigenvalue weighted by Crippen LogP contribution is -2.35. The minimum atomic E-state index is -0.945. The molecule has 43 heavy (non-hydrogen) atoms. The van der Waals surface area contributed by atoms with Gasteiger partial charge in [0.2, 0.25) is 5.88 Å². The first-order valence-electron chi connectivity index (χ1n) is 14.9. The predicted molar refractivity (Wildman–Crippen MR) is 160 cm³/mol. The molecule has 1 aliphatic carbocycles. The lowest BCUT2D eigenvalue weighted by atomic mass is 9.93. The number of aromatic carboxylic acids is 1. The minimum Gasteiger partial charge on any atom is -0.478 e. The number of benzene rings is 1. The zero-order chi connectivity index (χ0) is 29.5. The van der Waals surface area contributed by atoms with Gasteiger partial charge in [-0.25, -0.2) is 14.2 Å². The molecule has 0 radical (unpaired) electrons. The molecule has 7 rings (SSSR count). The summed E-state index contributed by atoms with van der Waals surface area (Å²) in [6, 6.07) is 12.1. The van der Waals surface area contributed by atoms with Gasteiger partial charge in [0.1, 0.15) is 24.1 Å². The number of hydrogen-bond acceptors (Lipinski definition) is 8. The highest BCUT2D eigenvalue weighted by Gasteiger charge is 2.32. The number of fused-ring (bicyclic) bond motifs is 1. The Morgan fingerprint density at radius 2 is 1.88 bits per heavy atom. The number of ether oxygens (including phenoxy) is 2. The number of Topliss-reactive ketones (excluding diaryl/α,β-unsaturated/α-hetero) is 1.